The fourth-order valence-corrected chi connectivity index (χ4v) is 2.95. The maximum atomic E-state index is 3.39. The van der Waals surface area contributed by atoms with Crippen molar-refractivity contribution < 1.29 is 0 Å². The summed E-state index contributed by atoms with van der Waals surface area (Å²) in [6, 6.07) is 0.819. The molecule has 2 aliphatic heterocycles. The van der Waals surface area contributed by atoms with Crippen molar-refractivity contribution in [2.24, 2.45) is 0 Å². The number of piperazine rings is 1. The van der Waals surface area contributed by atoms with Gasteiger partial charge in [0, 0.05) is 38.8 Å². The zero-order valence-electron chi connectivity index (χ0n) is 11.2. The van der Waals surface area contributed by atoms with Crippen molar-refractivity contribution in [1.82, 2.24) is 15.1 Å². The van der Waals surface area contributed by atoms with Gasteiger partial charge < -0.3 is 10.2 Å². The van der Waals surface area contributed by atoms with Crippen molar-refractivity contribution in [3.63, 3.8) is 0 Å². The minimum absolute atomic E-state index is 0.819. The van der Waals surface area contributed by atoms with Gasteiger partial charge in [-0.25, -0.2) is 0 Å². The Balaban J connectivity index is 1.63. The van der Waals surface area contributed by atoms with E-state index < -0.39 is 0 Å². The summed E-state index contributed by atoms with van der Waals surface area (Å²) in [7, 11) is 0. The van der Waals surface area contributed by atoms with E-state index in [1.165, 1.54) is 45.4 Å². The highest BCUT2D eigenvalue weighted by atomic mass is 15.2. The fraction of sp³-hybridized carbons (Fsp3) is 0.857. The summed E-state index contributed by atoms with van der Waals surface area (Å²) in [5, 5.41) is 3.39. The molecule has 0 aromatic rings. The number of likely N-dealkylation sites (tertiary alicyclic amines) is 1. The first-order chi connectivity index (χ1) is 8.40. The Labute approximate surface area is 106 Å². The smallest absolute Gasteiger partial charge is 0.0164 e. The van der Waals surface area contributed by atoms with Crippen molar-refractivity contribution in [2.45, 2.75) is 32.2 Å². The Hall–Kier alpha value is -0.380. The quantitative estimate of drug-likeness (QED) is 0.728. The molecule has 0 saturated carbocycles. The number of nitrogens with zero attached hydrogens (tertiary/aromatic N) is 2. The zero-order valence-corrected chi connectivity index (χ0v) is 11.2. The summed E-state index contributed by atoms with van der Waals surface area (Å²) in [6.07, 6.45) is 8.81. The summed E-state index contributed by atoms with van der Waals surface area (Å²) in [4.78, 5) is 5.15. The van der Waals surface area contributed by atoms with Crippen LogP contribution in [-0.4, -0.2) is 61.7 Å². The van der Waals surface area contributed by atoms with Crippen LogP contribution in [0, 0.1) is 0 Å². The van der Waals surface area contributed by atoms with E-state index in [2.05, 4.69) is 34.2 Å². The Kier molecular flexibility index (Phi) is 5.49. The van der Waals surface area contributed by atoms with Crippen molar-refractivity contribution >= 4 is 0 Å². The van der Waals surface area contributed by atoms with Gasteiger partial charge in [0.25, 0.3) is 0 Å². The Bertz CT molecular complexity index is 234. The van der Waals surface area contributed by atoms with Gasteiger partial charge in [0.2, 0.25) is 0 Å². The summed E-state index contributed by atoms with van der Waals surface area (Å²) in [5.41, 5.74) is 0. The molecule has 17 heavy (non-hydrogen) atoms. The first-order valence-corrected chi connectivity index (χ1v) is 7.22. The van der Waals surface area contributed by atoms with Gasteiger partial charge >= 0.3 is 0 Å². The first kappa shape index (κ1) is 13.1. The molecule has 0 bridgehead atoms. The van der Waals surface area contributed by atoms with Crippen LogP contribution in [0.2, 0.25) is 0 Å². The van der Waals surface area contributed by atoms with Crippen LogP contribution in [0.4, 0.5) is 0 Å². The van der Waals surface area contributed by atoms with E-state index in [1.807, 2.05) is 0 Å². The second kappa shape index (κ2) is 7.14. The summed E-state index contributed by atoms with van der Waals surface area (Å²) in [5.74, 6) is 0. The molecule has 1 unspecified atom stereocenters. The molecule has 1 atom stereocenters. The third-order valence-corrected chi connectivity index (χ3v) is 4.05. The lowest BCUT2D eigenvalue weighted by Crippen LogP contribution is -2.43. The van der Waals surface area contributed by atoms with Crippen LogP contribution >= 0.6 is 0 Å². The Morgan fingerprint density at radius 3 is 2.76 bits per heavy atom. The van der Waals surface area contributed by atoms with Gasteiger partial charge in [0.1, 0.15) is 0 Å². The van der Waals surface area contributed by atoms with E-state index in [0.29, 0.717) is 0 Å². The van der Waals surface area contributed by atoms with Crippen LogP contribution in [0.3, 0.4) is 0 Å². The third kappa shape index (κ3) is 4.09. The van der Waals surface area contributed by atoms with Crippen molar-refractivity contribution in [3.8, 4) is 0 Å². The normalized spacial score (nSPS) is 28.2. The van der Waals surface area contributed by atoms with E-state index in [9.17, 15) is 0 Å². The minimum Gasteiger partial charge on any atom is -0.314 e. The highest BCUT2D eigenvalue weighted by Gasteiger charge is 2.21. The Morgan fingerprint density at radius 1 is 1.18 bits per heavy atom. The summed E-state index contributed by atoms with van der Waals surface area (Å²) >= 11 is 0. The van der Waals surface area contributed by atoms with Gasteiger partial charge in [-0.05, 0) is 32.4 Å². The van der Waals surface area contributed by atoms with Crippen molar-refractivity contribution in [3.05, 3.63) is 12.2 Å². The minimum atomic E-state index is 0.819. The van der Waals surface area contributed by atoms with E-state index >= 15 is 0 Å². The number of hydrogen-bond donors (Lipinski definition) is 1. The monoisotopic (exact) mass is 237 g/mol. The molecule has 0 radical (unpaired) electrons. The second-order valence-corrected chi connectivity index (χ2v) is 5.18. The molecule has 2 aliphatic rings. The predicted octanol–water partition coefficient (Wildman–Crippen LogP) is 1.32. The molecule has 2 rings (SSSR count). The third-order valence-electron chi connectivity index (χ3n) is 4.05. The zero-order chi connectivity index (χ0) is 11.9. The van der Waals surface area contributed by atoms with E-state index in [4.69, 9.17) is 0 Å². The van der Waals surface area contributed by atoms with Crippen LogP contribution in [0.1, 0.15) is 26.2 Å². The predicted molar refractivity (Wildman–Crippen MR) is 73.3 cm³/mol. The van der Waals surface area contributed by atoms with Crippen LogP contribution in [0.5, 0.6) is 0 Å². The molecular weight excluding hydrogens is 210 g/mol. The van der Waals surface area contributed by atoms with E-state index in [-0.39, 0.29) is 0 Å². The topological polar surface area (TPSA) is 18.5 Å². The van der Waals surface area contributed by atoms with Crippen LogP contribution in [-0.2, 0) is 0 Å². The highest BCUT2D eigenvalue weighted by Crippen LogP contribution is 2.19. The molecule has 0 aromatic heterocycles. The highest BCUT2D eigenvalue weighted by molar-refractivity contribution is 4.92. The lowest BCUT2D eigenvalue weighted by molar-refractivity contribution is 0.261. The van der Waals surface area contributed by atoms with Gasteiger partial charge in [-0.1, -0.05) is 19.1 Å². The van der Waals surface area contributed by atoms with Gasteiger partial charge in [-0.3, -0.25) is 4.90 Å². The Morgan fingerprint density at radius 2 is 2.00 bits per heavy atom. The lowest BCUT2D eigenvalue weighted by atomic mass is 10.1. The second-order valence-electron chi connectivity index (χ2n) is 5.18. The SMILES string of the molecule is CCN1CCCC1C/C=C\CN1CCNCC1. The maximum absolute atomic E-state index is 3.39. The average molecular weight is 237 g/mol. The molecule has 0 spiro atoms. The van der Waals surface area contributed by atoms with Crippen LogP contribution in [0.15, 0.2) is 12.2 Å². The van der Waals surface area contributed by atoms with Crippen molar-refractivity contribution in [1.29, 1.82) is 0 Å². The van der Waals surface area contributed by atoms with Gasteiger partial charge in [0.15, 0.2) is 0 Å². The van der Waals surface area contributed by atoms with Crippen molar-refractivity contribution in [2.75, 3.05) is 45.8 Å². The molecule has 0 aromatic carbocycles. The summed E-state index contributed by atoms with van der Waals surface area (Å²) in [6.45, 7) is 10.7. The van der Waals surface area contributed by atoms with Crippen LogP contribution in [0.25, 0.3) is 0 Å². The largest absolute Gasteiger partial charge is 0.314 e. The molecular formula is C14H27N3. The number of rotatable bonds is 5. The van der Waals surface area contributed by atoms with Gasteiger partial charge in [0.05, 0.1) is 0 Å². The fourth-order valence-electron chi connectivity index (χ4n) is 2.95. The molecule has 3 nitrogen and oxygen atoms in total. The summed E-state index contributed by atoms with van der Waals surface area (Å²) < 4.78 is 0. The molecule has 1 N–H and O–H groups in total. The molecule has 0 aliphatic carbocycles. The van der Waals surface area contributed by atoms with E-state index in [1.54, 1.807) is 0 Å². The molecule has 0 amide bonds. The van der Waals surface area contributed by atoms with Crippen LogP contribution < -0.4 is 5.32 Å². The molecule has 2 saturated heterocycles. The standard InChI is InChI=1S/C14H27N3/c1-2-17-11-5-7-14(17)6-3-4-10-16-12-8-15-9-13-16/h3-4,14-15H,2,5-13H2,1H3/b4-3-. The average Bonchev–Trinajstić information content (AvgIpc) is 2.83. The van der Waals surface area contributed by atoms with E-state index in [0.717, 1.165) is 25.7 Å². The lowest BCUT2D eigenvalue weighted by Gasteiger charge is -2.26. The number of nitrogens with one attached hydrogen (secondary N) is 1. The van der Waals surface area contributed by atoms with Gasteiger partial charge in [-0.2, -0.15) is 0 Å². The number of hydrogen-bond acceptors (Lipinski definition) is 3. The molecule has 2 fully saturated rings. The molecule has 98 valence electrons. The molecule has 3 heteroatoms. The molecule has 2 heterocycles. The first-order valence-electron chi connectivity index (χ1n) is 7.22. The maximum Gasteiger partial charge on any atom is 0.0164 e. The van der Waals surface area contributed by atoms with Gasteiger partial charge in [-0.15, -0.1) is 0 Å².